The van der Waals surface area contributed by atoms with E-state index in [1.165, 1.54) is 12.8 Å². The highest BCUT2D eigenvalue weighted by molar-refractivity contribution is 9.09. The minimum Gasteiger partial charge on any atom is -0.0880 e. The van der Waals surface area contributed by atoms with Gasteiger partial charge in [-0.1, -0.05) is 34.5 Å². The first-order chi connectivity index (χ1) is 3.83. The Morgan fingerprint density at radius 3 is 2.88 bits per heavy atom. The minimum atomic E-state index is 0.836. The Balaban J connectivity index is 2.44. The monoisotopic (exact) mass is 174 g/mol. The number of rotatable bonds is 1. The van der Waals surface area contributed by atoms with Crippen LogP contribution in [0.15, 0.2) is 11.6 Å². The molecule has 1 rings (SSSR count). The first-order valence-corrected chi connectivity index (χ1v) is 4.20. The molecule has 1 unspecified atom stereocenters. The van der Waals surface area contributed by atoms with Crippen LogP contribution in [-0.2, 0) is 0 Å². The van der Waals surface area contributed by atoms with E-state index in [-0.39, 0.29) is 0 Å². The molecule has 1 aliphatic carbocycles. The van der Waals surface area contributed by atoms with Crippen LogP contribution in [0.3, 0.4) is 0 Å². The lowest BCUT2D eigenvalue weighted by Crippen LogP contribution is -1.77. The highest BCUT2D eigenvalue weighted by Gasteiger charge is 2.08. The summed E-state index contributed by atoms with van der Waals surface area (Å²) >= 11 is 3.44. The molecule has 0 spiro atoms. The molecule has 0 fully saturated rings. The lowest BCUT2D eigenvalue weighted by atomic mass is 10.2. The average Bonchev–Trinajstić information content (AvgIpc) is 2.14. The molecular formula is C7H11Br. The molecule has 0 aromatic rings. The molecular weight excluding hydrogens is 164 g/mol. The van der Waals surface area contributed by atoms with Gasteiger partial charge in [-0.2, -0.15) is 0 Å². The van der Waals surface area contributed by atoms with E-state index in [2.05, 4.69) is 28.9 Å². The molecule has 8 heavy (non-hydrogen) atoms. The molecule has 0 aliphatic heterocycles. The van der Waals surface area contributed by atoms with Gasteiger partial charge < -0.3 is 0 Å². The molecule has 0 N–H and O–H groups in total. The molecule has 1 atom stereocenters. The number of alkyl halides is 1. The van der Waals surface area contributed by atoms with Gasteiger partial charge in [-0.15, -0.1) is 0 Å². The highest BCUT2D eigenvalue weighted by Crippen LogP contribution is 2.24. The molecule has 0 heterocycles. The third-order valence-electron chi connectivity index (χ3n) is 1.61. The molecule has 0 bridgehead atoms. The number of hydrogen-bond donors (Lipinski definition) is 0. The maximum absolute atomic E-state index is 3.44. The van der Waals surface area contributed by atoms with E-state index in [9.17, 15) is 0 Å². The molecule has 0 saturated heterocycles. The Morgan fingerprint density at radius 1 is 1.88 bits per heavy atom. The second-order valence-electron chi connectivity index (χ2n) is 2.47. The zero-order chi connectivity index (χ0) is 5.98. The Kier molecular flexibility index (Phi) is 2.12. The van der Waals surface area contributed by atoms with Gasteiger partial charge in [-0.25, -0.2) is 0 Å². The van der Waals surface area contributed by atoms with Gasteiger partial charge >= 0.3 is 0 Å². The molecule has 1 heteroatoms. The topological polar surface area (TPSA) is 0 Å². The number of halogens is 1. The average molecular weight is 175 g/mol. The van der Waals surface area contributed by atoms with Crippen molar-refractivity contribution >= 4 is 15.9 Å². The predicted octanol–water partition coefficient (Wildman–Crippen LogP) is 2.74. The van der Waals surface area contributed by atoms with Crippen molar-refractivity contribution in [1.82, 2.24) is 0 Å². The maximum atomic E-state index is 3.44. The molecule has 0 nitrogen and oxygen atoms in total. The molecule has 0 amide bonds. The van der Waals surface area contributed by atoms with Crippen LogP contribution in [0.5, 0.6) is 0 Å². The van der Waals surface area contributed by atoms with Gasteiger partial charge in [0.2, 0.25) is 0 Å². The van der Waals surface area contributed by atoms with Crippen LogP contribution in [0.2, 0.25) is 0 Å². The summed E-state index contributed by atoms with van der Waals surface area (Å²) in [6, 6.07) is 0. The summed E-state index contributed by atoms with van der Waals surface area (Å²) in [5.74, 6) is 0.836. The SMILES string of the molecule is CC1C=C(CBr)CC1. The smallest absolute Gasteiger partial charge is 0.0241 e. The van der Waals surface area contributed by atoms with Gasteiger partial charge in [0, 0.05) is 5.33 Å². The van der Waals surface area contributed by atoms with Crippen molar-refractivity contribution in [2.45, 2.75) is 19.8 Å². The molecule has 0 radical (unpaired) electrons. The lowest BCUT2D eigenvalue weighted by Gasteiger charge is -1.89. The van der Waals surface area contributed by atoms with Crippen LogP contribution in [0.25, 0.3) is 0 Å². The van der Waals surface area contributed by atoms with E-state index < -0.39 is 0 Å². The van der Waals surface area contributed by atoms with E-state index in [0.717, 1.165) is 11.2 Å². The first kappa shape index (κ1) is 6.34. The Hall–Kier alpha value is 0.220. The van der Waals surface area contributed by atoms with E-state index >= 15 is 0 Å². The van der Waals surface area contributed by atoms with Crippen molar-refractivity contribution in [3.05, 3.63) is 11.6 Å². The van der Waals surface area contributed by atoms with Gasteiger partial charge in [-0.05, 0) is 18.8 Å². The number of hydrogen-bond acceptors (Lipinski definition) is 0. The molecule has 46 valence electrons. The fourth-order valence-electron chi connectivity index (χ4n) is 1.09. The standard InChI is InChI=1S/C7H11Br/c1-6-2-3-7(4-6)5-8/h4,6H,2-3,5H2,1H3. The van der Waals surface area contributed by atoms with Crippen LogP contribution < -0.4 is 0 Å². The second kappa shape index (κ2) is 2.67. The van der Waals surface area contributed by atoms with Crippen LogP contribution in [0, 0.1) is 5.92 Å². The van der Waals surface area contributed by atoms with E-state index in [0.29, 0.717) is 0 Å². The lowest BCUT2D eigenvalue weighted by molar-refractivity contribution is 0.698. The van der Waals surface area contributed by atoms with Crippen molar-refractivity contribution in [3.8, 4) is 0 Å². The van der Waals surface area contributed by atoms with Crippen LogP contribution in [0.1, 0.15) is 19.8 Å². The Bertz CT molecular complexity index is 105. The van der Waals surface area contributed by atoms with Gasteiger partial charge in [0.1, 0.15) is 0 Å². The summed E-state index contributed by atoms with van der Waals surface area (Å²) in [4.78, 5) is 0. The van der Waals surface area contributed by atoms with E-state index in [1.54, 1.807) is 5.57 Å². The van der Waals surface area contributed by atoms with Gasteiger partial charge in [0.15, 0.2) is 0 Å². The van der Waals surface area contributed by atoms with Crippen molar-refractivity contribution in [1.29, 1.82) is 0 Å². The summed E-state index contributed by atoms with van der Waals surface area (Å²) in [5, 5.41) is 1.08. The molecule has 0 saturated carbocycles. The van der Waals surface area contributed by atoms with E-state index in [4.69, 9.17) is 0 Å². The third kappa shape index (κ3) is 1.35. The maximum Gasteiger partial charge on any atom is 0.0241 e. The Morgan fingerprint density at radius 2 is 2.62 bits per heavy atom. The molecule has 0 aromatic carbocycles. The van der Waals surface area contributed by atoms with E-state index in [1.807, 2.05) is 0 Å². The van der Waals surface area contributed by atoms with Gasteiger partial charge in [0.05, 0.1) is 0 Å². The highest BCUT2D eigenvalue weighted by atomic mass is 79.9. The predicted molar refractivity (Wildman–Crippen MR) is 40.3 cm³/mol. The second-order valence-corrected chi connectivity index (χ2v) is 3.04. The summed E-state index contributed by atoms with van der Waals surface area (Å²) in [7, 11) is 0. The summed E-state index contributed by atoms with van der Waals surface area (Å²) in [5.41, 5.74) is 1.58. The molecule has 0 aromatic heterocycles. The zero-order valence-corrected chi connectivity index (χ0v) is 6.74. The van der Waals surface area contributed by atoms with Gasteiger partial charge in [-0.3, -0.25) is 0 Å². The van der Waals surface area contributed by atoms with Crippen molar-refractivity contribution in [3.63, 3.8) is 0 Å². The minimum absolute atomic E-state index is 0.836. The molecule has 1 aliphatic rings. The number of allylic oxidation sites excluding steroid dienone is 2. The normalized spacial score (nSPS) is 28.2. The zero-order valence-electron chi connectivity index (χ0n) is 5.15. The summed E-state index contributed by atoms with van der Waals surface area (Å²) in [6.07, 6.45) is 5.04. The Labute approximate surface area is 59.1 Å². The summed E-state index contributed by atoms with van der Waals surface area (Å²) in [6.45, 7) is 2.27. The van der Waals surface area contributed by atoms with Crippen molar-refractivity contribution < 1.29 is 0 Å². The van der Waals surface area contributed by atoms with Crippen LogP contribution >= 0.6 is 15.9 Å². The quantitative estimate of drug-likeness (QED) is 0.424. The fraction of sp³-hybridized carbons (Fsp3) is 0.714. The first-order valence-electron chi connectivity index (χ1n) is 3.08. The van der Waals surface area contributed by atoms with Crippen molar-refractivity contribution in [2.75, 3.05) is 5.33 Å². The van der Waals surface area contributed by atoms with Crippen LogP contribution in [-0.4, -0.2) is 5.33 Å². The summed E-state index contributed by atoms with van der Waals surface area (Å²) < 4.78 is 0. The largest absolute Gasteiger partial charge is 0.0880 e. The van der Waals surface area contributed by atoms with Crippen molar-refractivity contribution in [2.24, 2.45) is 5.92 Å². The third-order valence-corrected chi connectivity index (χ3v) is 2.33. The van der Waals surface area contributed by atoms with Crippen LogP contribution in [0.4, 0.5) is 0 Å². The fourth-order valence-corrected chi connectivity index (χ4v) is 1.56. The van der Waals surface area contributed by atoms with Gasteiger partial charge in [0.25, 0.3) is 0 Å².